The Kier molecular flexibility index (Phi) is 11.8. The summed E-state index contributed by atoms with van der Waals surface area (Å²) >= 11 is 0. The molecule has 0 saturated heterocycles. The van der Waals surface area contributed by atoms with Crippen LogP contribution in [0.3, 0.4) is 0 Å². The number of carbonyl (C=O) groups is 2. The summed E-state index contributed by atoms with van der Waals surface area (Å²) in [7, 11) is -2.09. The van der Waals surface area contributed by atoms with E-state index in [9.17, 15) is 18.0 Å². The molecular weight excluding hydrogens is 538 g/mol. The van der Waals surface area contributed by atoms with E-state index in [-0.39, 0.29) is 43.8 Å². The van der Waals surface area contributed by atoms with Crippen LogP contribution < -0.4 is 14.4 Å². The van der Waals surface area contributed by atoms with Crippen molar-refractivity contribution in [3.05, 3.63) is 96.1 Å². The molecule has 2 atom stereocenters. The molecule has 220 valence electrons. The molecule has 0 aliphatic heterocycles. The minimum atomic E-state index is -3.61. The van der Waals surface area contributed by atoms with E-state index in [1.165, 1.54) is 11.4 Å². The van der Waals surface area contributed by atoms with Gasteiger partial charge in [0, 0.05) is 38.0 Å². The Hall–Kier alpha value is -3.85. The van der Waals surface area contributed by atoms with Gasteiger partial charge >= 0.3 is 0 Å². The molecule has 8 nitrogen and oxygen atoms in total. The molecule has 41 heavy (non-hydrogen) atoms. The second-order valence-corrected chi connectivity index (χ2v) is 12.1. The summed E-state index contributed by atoms with van der Waals surface area (Å²) in [5, 5.41) is 3.07. The Morgan fingerprint density at radius 3 is 2.15 bits per heavy atom. The lowest BCUT2D eigenvalue weighted by Crippen LogP contribution is -2.52. The van der Waals surface area contributed by atoms with Crippen molar-refractivity contribution in [2.45, 2.75) is 58.2 Å². The number of methoxy groups -OCH3 is 1. The third kappa shape index (κ3) is 9.63. The summed E-state index contributed by atoms with van der Waals surface area (Å²) in [6.07, 6.45) is 2.62. The second-order valence-electron chi connectivity index (χ2n) is 10.2. The Bertz CT molecular complexity index is 1370. The number of ether oxygens (including phenoxy) is 1. The van der Waals surface area contributed by atoms with E-state index in [1.54, 1.807) is 29.2 Å². The Morgan fingerprint density at radius 1 is 0.927 bits per heavy atom. The maximum absolute atomic E-state index is 13.9. The van der Waals surface area contributed by atoms with E-state index in [0.29, 0.717) is 17.9 Å². The van der Waals surface area contributed by atoms with Gasteiger partial charge in [-0.25, -0.2) is 8.42 Å². The van der Waals surface area contributed by atoms with Crippen LogP contribution in [0.4, 0.5) is 5.69 Å². The number of anilines is 1. The average Bonchev–Trinajstić information content (AvgIpc) is 2.97. The molecule has 0 saturated carbocycles. The van der Waals surface area contributed by atoms with Gasteiger partial charge in [-0.2, -0.15) is 0 Å². The highest BCUT2D eigenvalue weighted by Gasteiger charge is 2.31. The molecule has 3 aromatic carbocycles. The normalized spacial score (nSPS) is 12.7. The fraction of sp³-hybridized carbons (Fsp3) is 0.375. The van der Waals surface area contributed by atoms with Gasteiger partial charge in [0.2, 0.25) is 21.8 Å². The van der Waals surface area contributed by atoms with Gasteiger partial charge < -0.3 is 15.0 Å². The average molecular weight is 580 g/mol. The largest absolute Gasteiger partial charge is 0.497 e. The van der Waals surface area contributed by atoms with Crippen molar-refractivity contribution in [2.75, 3.05) is 24.2 Å². The minimum absolute atomic E-state index is 0.0411. The lowest BCUT2D eigenvalue weighted by Gasteiger charge is -2.32. The quantitative estimate of drug-likeness (QED) is 0.279. The molecule has 1 N–H and O–H groups in total. The van der Waals surface area contributed by atoms with Crippen molar-refractivity contribution in [1.29, 1.82) is 0 Å². The first-order valence-corrected chi connectivity index (χ1v) is 15.8. The van der Waals surface area contributed by atoms with Crippen LogP contribution in [0.5, 0.6) is 5.75 Å². The maximum atomic E-state index is 13.9. The van der Waals surface area contributed by atoms with E-state index < -0.39 is 16.1 Å². The molecule has 0 aliphatic carbocycles. The Balaban J connectivity index is 1.87. The fourth-order valence-electron chi connectivity index (χ4n) is 4.54. The summed E-state index contributed by atoms with van der Waals surface area (Å²) < 4.78 is 31.8. The van der Waals surface area contributed by atoms with Gasteiger partial charge in [0.05, 0.1) is 19.1 Å². The molecule has 0 fully saturated rings. The van der Waals surface area contributed by atoms with Crippen molar-refractivity contribution >= 4 is 27.5 Å². The smallest absolute Gasteiger partial charge is 0.243 e. The molecule has 0 heterocycles. The van der Waals surface area contributed by atoms with Crippen LogP contribution in [0.1, 0.15) is 44.2 Å². The molecule has 9 heteroatoms. The second kappa shape index (κ2) is 15.2. The molecule has 2 amide bonds. The SMILES string of the molecule is CC[C@H](C)NC(=O)[C@H](Cc1ccccc1)N(Cc1ccccc1)C(=O)CCCN(c1cccc(OC)c1)S(C)(=O)=O. The number of hydrogen-bond acceptors (Lipinski definition) is 5. The summed E-state index contributed by atoms with van der Waals surface area (Å²) in [6, 6.07) is 25.3. The van der Waals surface area contributed by atoms with E-state index >= 15 is 0 Å². The predicted octanol–water partition coefficient (Wildman–Crippen LogP) is 4.80. The van der Waals surface area contributed by atoms with Crippen LogP contribution in [0.15, 0.2) is 84.9 Å². The number of sulfonamides is 1. The van der Waals surface area contributed by atoms with Gasteiger partial charge in [-0.15, -0.1) is 0 Å². The lowest BCUT2D eigenvalue weighted by molar-refractivity contribution is -0.141. The zero-order valence-corrected chi connectivity index (χ0v) is 25.1. The Labute approximate surface area is 244 Å². The standard InChI is InChI=1S/C32H41N3O5S/c1-5-25(2)33-32(37)30(22-26-14-8-6-9-15-26)34(24-27-16-10-7-11-17-27)31(36)20-13-21-35(41(4,38)39)28-18-12-19-29(23-28)40-3/h6-12,14-19,23,25,30H,5,13,20-22,24H2,1-4H3,(H,33,37)/t25-,30-/m0/s1. The molecule has 3 rings (SSSR count). The first kappa shape index (κ1) is 31.7. The number of nitrogens with zero attached hydrogens (tertiary/aromatic N) is 2. The van der Waals surface area contributed by atoms with Crippen molar-refractivity contribution in [3.8, 4) is 5.75 Å². The summed E-state index contributed by atoms with van der Waals surface area (Å²) in [5.74, 6) is 0.118. The third-order valence-corrected chi connectivity index (χ3v) is 8.16. The minimum Gasteiger partial charge on any atom is -0.497 e. The zero-order valence-electron chi connectivity index (χ0n) is 24.3. The molecule has 0 spiro atoms. The molecule has 0 unspecified atom stereocenters. The van der Waals surface area contributed by atoms with Crippen LogP contribution in [0.2, 0.25) is 0 Å². The topological polar surface area (TPSA) is 96.0 Å². The zero-order chi connectivity index (χ0) is 29.8. The molecule has 0 aromatic heterocycles. The van der Waals surface area contributed by atoms with Crippen molar-refractivity contribution in [1.82, 2.24) is 10.2 Å². The molecular formula is C32H41N3O5S. The third-order valence-electron chi connectivity index (χ3n) is 6.96. The van der Waals surface area contributed by atoms with Gasteiger partial charge in [-0.3, -0.25) is 13.9 Å². The first-order chi connectivity index (χ1) is 19.6. The Morgan fingerprint density at radius 2 is 1.56 bits per heavy atom. The highest BCUT2D eigenvalue weighted by atomic mass is 32.2. The summed E-state index contributed by atoms with van der Waals surface area (Å²) in [5.41, 5.74) is 2.32. The summed E-state index contributed by atoms with van der Waals surface area (Å²) in [4.78, 5) is 29.1. The number of rotatable bonds is 15. The van der Waals surface area contributed by atoms with Gasteiger partial charge in [0.1, 0.15) is 11.8 Å². The highest BCUT2D eigenvalue weighted by Crippen LogP contribution is 2.24. The predicted molar refractivity (Wildman–Crippen MR) is 163 cm³/mol. The van der Waals surface area contributed by atoms with Crippen LogP contribution in [0.25, 0.3) is 0 Å². The molecule has 0 aliphatic rings. The van der Waals surface area contributed by atoms with E-state index in [0.717, 1.165) is 23.8 Å². The van der Waals surface area contributed by atoms with E-state index in [2.05, 4.69) is 5.32 Å². The van der Waals surface area contributed by atoms with Crippen molar-refractivity contribution in [3.63, 3.8) is 0 Å². The lowest BCUT2D eigenvalue weighted by atomic mass is 10.0. The van der Waals surface area contributed by atoms with Gasteiger partial charge in [-0.05, 0) is 43.0 Å². The van der Waals surface area contributed by atoms with E-state index in [4.69, 9.17) is 4.74 Å². The number of nitrogens with one attached hydrogen (secondary N) is 1. The first-order valence-electron chi connectivity index (χ1n) is 13.9. The molecule has 0 bridgehead atoms. The number of amides is 2. The number of benzene rings is 3. The van der Waals surface area contributed by atoms with Gasteiger partial charge in [0.25, 0.3) is 0 Å². The van der Waals surface area contributed by atoms with Crippen molar-refractivity contribution in [2.24, 2.45) is 0 Å². The van der Waals surface area contributed by atoms with Crippen LogP contribution in [-0.4, -0.2) is 57.1 Å². The van der Waals surface area contributed by atoms with Gasteiger partial charge in [-0.1, -0.05) is 73.7 Å². The van der Waals surface area contributed by atoms with Crippen LogP contribution in [-0.2, 0) is 32.6 Å². The monoisotopic (exact) mass is 579 g/mol. The highest BCUT2D eigenvalue weighted by molar-refractivity contribution is 7.92. The summed E-state index contributed by atoms with van der Waals surface area (Å²) in [6.45, 7) is 4.31. The number of carbonyl (C=O) groups excluding carboxylic acids is 2. The van der Waals surface area contributed by atoms with E-state index in [1.807, 2.05) is 74.5 Å². The van der Waals surface area contributed by atoms with Crippen LogP contribution >= 0.6 is 0 Å². The molecule has 3 aromatic rings. The number of hydrogen-bond donors (Lipinski definition) is 1. The van der Waals surface area contributed by atoms with Crippen molar-refractivity contribution < 1.29 is 22.7 Å². The maximum Gasteiger partial charge on any atom is 0.243 e. The van der Waals surface area contributed by atoms with Crippen LogP contribution in [0, 0.1) is 0 Å². The fourth-order valence-corrected chi connectivity index (χ4v) is 5.50. The molecule has 0 radical (unpaired) electrons. The van der Waals surface area contributed by atoms with Gasteiger partial charge in [0.15, 0.2) is 0 Å².